The van der Waals surface area contributed by atoms with Gasteiger partial charge in [-0.2, -0.15) is 0 Å². The van der Waals surface area contributed by atoms with Crippen molar-refractivity contribution < 1.29 is 0 Å². The number of allylic oxidation sites excluding steroid dienone is 4. The zero-order chi connectivity index (χ0) is 27.9. The number of halogens is 1. The first kappa shape index (κ1) is 28.6. The van der Waals surface area contributed by atoms with Gasteiger partial charge < -0.3 is 20.6 Å². The number of hydrogen-bond donors (Lipinski definition) is 2. The molecule has 0 atom stereocenters. The van der Waals surface area contributed by atoms with Crippen LogP contribution in [0.2, 0.25) is 0 Å². The van der Waals surface area contributed by atoms with E-state index in [2.05, 4.69) is 95.2 Å². The van der Waals surface area contributed by atoms with Crippen molar-refractivity contribution in [1.29, 1.82) is 0 Å². The number of fused-ring (bicyclic) bond motifs is 2. The molecule has 0 bridgehead atoms. The fourth-order valence-corrected chi connectivity index (χ4v) is 5.80. The lowest BCUT2D eigenvalue weighted by molar-refractivity contribution is 0.655. The van der Waals surface area contributed by atoms with E-state index in [4.69, 9.17) is 11.5 Å². The highest BCUT2D eigenvalue weighted by atomic mass is 79.9. The molecule has 0 aliphatic heterocycles. The van der Waals surface area contributed by atoms with Crippen LogP contribution in [0, 0.1) is 0 Å². The van der Waals surface area contributed by atoms with Crippen LogP contribution in [0.3, 0.4) is 0 Å². The van der Waals surface area contributed by atoms with Crippen LogP contribution < -0.4 is 11.5 Å². The van der Waals surface area contributed by atoms with Gasteiger partial charge in [-0.25, -0.2) is 34.9 Å². The summed E-state index contributed by atoms with van der Waals surface area (Å²) in [5, 5.41) is 2.80. The summed E-state index contributed by atoms with van der Waals surface area (Å²) >= 11 is 6.54. The number of nitrogen functional groups attached to an aromatic ring is 2. The molecule has 0 saturated heterocycles. The maximum atomic E-state index is 5.93. The summed E-state index contributed by atoms with van der Waals surface area (Å²) in [7, 11) is 0. The Kier molecular flexibility index (Phi) is 9.64. The van der Waals surface area contributed by atoms with Crippen LogP contribution in [-0.2, 0) is 13.1 Å². The molecule has 5 aromatic rings. The first-order valence-electron chi connectivity index (χ1n) is 12.2. The van der Waals surface area contributed by atoms with E-state index in [0.717, 1.165) is 51.5 Å². The highest BCUT2D eigenvalue weighted by Crippen LogP contribution is 2.32. The minimum Gasteiger partial charge on any atom is -0.382 e. The number of imidazole rings is 2. The van der Waals surface area contributed by atoms with E-state index in [1.165, 1.54) is 35.6 Å². The highest BCUT2D eigenvalue weighted by Gasteiger charge is 2.16. The Bertz CT molecular complexity index is 1610. The second-order valence-electron chi connectivity index (χ2n) is 8.98. The summed E-state index contributed by atoms with van der Waals surface area (Å²) in [6, 6.07) is 0. The minimum absolute atomic E-state index is 0.409. The molecule has 0 amide bonds. The maximum absolute atomic E-state index is 5.93. The van der Waals surface area contributed by atoms with E-state index in [1.54, 1.807) is 17.5 Å². The molecule has 0 aromatic carbocycles. The molecule has 5 heterocycles. The fraction of sp³-hybridized carbons (Fsp3) is 0.320. The summed E-state index contributed by atoms with van der Waals surface area (Å²) in [6.45, 7) is 9.97. The van der Waals surface area contributed by atoms with Gasteiger partial charge in [-0.05, 0) is 68.2 Å². The number of anilines is 2. The average molecular weight is 629 g/mol. The Hall–Kier alpha value is -3.36. The van der Waals surface area contributed by atoms with Crippen LogP contribution >= 0.6 is 39.0 Å². The molecule has 0 spiro atoms. The summed E-state index contributed by atoms with van der Waals surface area (Å²) in [5.74, 6) is 0.823. The van der Waals surface area contributed by atoms with Crippen molar-refractivity contribution >= 4 is 73.0 Å². The van der Waals surface area contributed by atoms with Crippen molar-refractivity contribution in [1.82, 2.24) is 44.0 Å². The number of rotatable bonds is 8. The molecule has 0 saturated carbocycles. The predicted molar refractivity (Wildman–Crippen MR) is 162 cm³/mol. The van der Waals surface area contributed by atoms with E-state index in [0.29, 0.717) is 22.7 Å². The van der Waals surface area contributed by atoms with Gasteiger partial charge in [0.25, 0.3) is 0 Å². The van der Waals surface area contributed by atoms with Gasteiger partial charge >= 0.3 is 0 Å². The standard InChI is InChI=1S/C14H16N6S2.C11H14BrN5/c1-9(2)4-3-6-20-12-10(11(15)17-8-18-12)19-13(20)22-14-16-5-7-21-14;1-7(2)4-3-5-17-10-8(16-11(17)12)9(13)14-6-15-10/h4-5,7-8H,3,6H2,1-2H3,(H2,15,17,18);4,6H,3,5H2,1-2H3,(H2,13,14,15). The third-order valence-electron chi connectivity index (χ3n) is 5.44. The monoisotopic (exact) mass is 627 g/mol. The lowest BCUT2D eigenvalue weighted by atomic mass is 10.3. The van der Waals surface area contributed by atoms with Gasteiger partial charge in [-0.15, -0.1) is 11.3 Å². The van der Waals surface area contributed by atoms with Crippen molar-refractivity contribution in [2.75, 3.05) is 11.5 Å². The molecule has 39 heavy (non-hydrogen) atoms. The smallest absolute Gasteiger partial charge is 0.179 e. The van der Waals surface area contributed by atoms with Crippen LogP contribution in [0.5, 0.6) is 0 Å². The molecule has 0 radical (unpaired) electrons. The van der Waals surface area contributed by atoms with E-state index < -0.39 is 0 Å². The summed E-state index contributed by atoms with van der Waals surface area (Å²) in [4.78, 5) is 29.7. The number of hydrogen-bond acceptors (Lipinski definition) is 11. The summed E-state index contributed by atoms with van der Waals surface area (Å²) < 4.78 is 5.76. The molecule has 14 heteroatoms. The van der Waals surface area contributed by atoms with E-state index in [-0.39, 0.29) is 0 Å². The van der Waals surface area contributed by atoms with Crippen molar-refractivity contribution in [2.45, 2.75) is 63.1 Å². The van der Waals surface area contributed by atoms with Gasteiger partial charge in [-0.3, -0.25) is 0 Å². The molecule has 11 nitrogen and oxygen atoms in total. The lowest BCUT2D eigenvalue weighted by Gasteiger charge is -2.05. The number of thiazole rings is 1. The molecule has 5 rings (SSSR count). The van der Waals surface area contributed by atoms with Gasteiger partial charge in [0.05, 0.1) is 0 Å². The first-order valence-corrected chi connectivity index (χ1v) is 14.7. The predicted octanol–water partition coefficient (Wildman–Crippen LogP) is 5.90. The van der Waals surface area contributed by atoms with Gasteiger partial charge in [0.1, 0.15) is 12.7 Å². The second kappa shape index (κ2) is 13.1. The SMILES string of the molecule is CC(C)=CCCn1c(Br)nc2c(N)ncnc21.CC(C)=CCCn1c(Sc2nccs2)nc2c(N)ncnc21. The van der Waals surface area contributed by atoms with Gasteiger partial charge in [0, 0.05) is 24.7 Å². The summed E-state index contributed by atoms with van der Waals surface area (Å²) in [5.41, 5.74) is 17.1. The van der Waals surface area contributed by atoms with Crippen molar-refractivity contribution in [3.8, 4) is 0 Å². The topological polar surface area (TPSA) is 152 Å². The van der Waals surface area contributed by atoms with Gasteiger partial charge in [-0.1, -0.05) is 23.3 Å². The highest BCUT2D eigenvalue weighted by molar-refractivity contribution is 9.10. The molecule has 4 N–H and O–H groups in total. The molecular weight excluding hydrogens is 598 g/mol. The maximum Gasteiger partial charge on any atom is 0.179 e. The molecule has 0 aliphatic carbocycles. The molecule has 0 unspecified atom stereocenters. The normalized spacial score (nSPS) is 10.9. The Morgan fingerprint density at radius 3 is 1.97 bits per heavy atom. The minimum atomic E-state index is 0.409. The summed E-state index contributed by atoms with van der Waals surface area (Å²) in [6.07, 6.45) is 11.0. The second-order valence-corrected chi connectivity index (χ2v) is 11.8. The van der Waals surface area contributed by atoms with Gasteiger partial charge in [0.2, 0.25) is 0 Å². The van der Waals surface area contributed by atoms with Crippen molar-refractivity contribution in [2.24, 2.45) is 0 Å². The quantitative estimate of drug-likeness (QED) is 0.157. The Labute approximate surface area is 243 Å². The van der Waals surface area contributed by atoms with E-state index >= 15 is 0 Å². The first-order chi connectivity index (χ1) is 18.7. The average Bonchev–Trinajstić information content (AvgIpc) is 3.60. The molecule has 0 aliphatic rings. The lowest BCUT2D eigenvalue weighted by Crippen LogP contribution is -2.01. The van der Waals surface area contributed by atoms with Gasteiger partial charge in [0.15, 0.2) is 48.2 Å². The number of nitrogens with two attached hydrogens (primary N) is 2. The molecule has 5 aromatic heterocycles. The number of aryl methyl sites for hydroxylation is 2. The van der Waals surface area contributed by atoms with E-state index in [9.17, 15) is 0 Å². The molecule has 0 fully saturated rings. The van der Waals surface area contributed by atoms with Crippen LogP contribution in [0.25, 0.3) is 22.3 Å². The zero-order valence-electron chi connectivity index (χ0n) is 22.2. The van der Waals surface area contributed by atoms with Crippen LogP contribution in [0.15, 0.2) is 61.8 Å². The van der Waals surface area contributed by atoms with Crippen molar-refractivity contribution in [3.05, 3.63) is 52.3 Å². The third-order valence-corrected chi connectivity index (χ3v) is 7.92. The fourth-order valence-electron chi connectivity index (χ4n) is 3.64. The largest absolute Gasteiger partial charge is 0.382 e. The Balaban J connectivity index is 0.000000187. The molecule has 204 valence electrons. The van der Waals surface area contributed by atoms with Crippen molar-refractivity contribution in [3.63, 3.8) is 0 Å². The third kappa shape index (κ3) is 7.19. The van der Waals surface area contributed by atoms with Crippen LogP contribution in [0.1, 0.15) is 40.5 Å². The molecular formula is C25H30BrN11S2. The number of nitrogens with zero attached hydrogens (tertiary/aromatic N) is 9. The van der Waals surface area contributed by atoms with Crippen LogP contribution in [-0.4, -0.2) is 44.0 Å². The Morgan fingerprint density at radius 2 is 1.41 bits per heavy atom. The van der Waals surface area contributed by atoms with E-state index in [1.807, 2.05) is 9.95 Å². The zero-order valence-corrected chi connectivity index (χ0v) is 25.4. The number of aromatic nitrogens is 9. The Morgan fingerprint density at radius 1 is 0.846 bits per heavy atom. The van der Waals surface area contributed by atoms with Crippen LogP contribution in [0.4, 0.5) is 11.6 Å².